The quantitative estimate of drug-likeness (QED) is 0.169. The number of hydrogen-bond acceptors (Lipinski definition) is 1. The van der Waals surface area contributed by atoms with Crippen molar-refractivity contribution in [1.82, 2.24) is 0 Å². The number of para-hydroxylation sites is 1. The Bertz CT molecular complexity index is 2290. The van der Waals surface area contributed by atoms with Crippen molar-refractivity contribution in [2.75, 3.05) is 4.90 Å². The van der Waals surface area contributed by atoms with Crippen LogP contribution in [0.5, 0.6) is 0 Å². The molecular formula is C52H45N. The summed E-state index contributed by atoms with van der Waals surface area (Å²) in [4.78, 5) is 2.35. The predicted molar refractivity (Wildman–Crippen MR) is 226 cm³/mol. The molecule has 3 aliphatic rings. The minimum atomic E-state index is -0.395. The normalized spacial score (nSPS) is 15.2. The van der Waals surface area contributed by atoms with Gasteiger partial charge in [0.05, 0.1) is 5.41 Å². The minimum absolute atomic E-state index is 0.395. The number of rotatable bonds is 6. The second kappa shape index (κ2) is 15.2. The van der Waals surface area contributed by atoms with E-state index in [1.54, 1.807) is 0 Å². The molecule has 0 saturated heterocycles. The second-order valence-electron chi connectivity index (χ2n) is 14.1. The Hall–Kier alpha value is -6.18. The lowest BCUT2D eigenvalue weighted by atomic mass is 9.68. The van der Waals surface area contributed by atoms with Crippen molar-refractivity contribution in [2.45, 2.75) is 38.0 Å². The number of fused-ring (bicyclic) bond motifs is 3. The molecule has 0 heterocycles. The van der Waals surface area contributed by atoms with Crippen LogP contribution in [-0.2, 0) is 5.41 Å². The van der Waals surface area contributed by atoms with Crippen LogP contribution in [0.25, 0.3) is 16.7 Å². The van der Waals surface area contributed by atoms with E-state index in [-0.39, 0.29) is 0 Å². The fourth-order valence-corrected chi connectivity index (χ4v) is 8.11. The zero-order chi connectivity index (χ0) is 36.0. The summed E-state index contributed by atoms with van der Waals surface area (Å²) >= 11 is 0. The van der Waals surface area contributed by atoms with Gasteiger partial charge in [-0.15, -0.1) is 0 Å². The van der Waals surface area contributed by atoms with Crippen molar-refractivity contribution in [3.05, 3.63) is 240 Å². The lowest BCUT2D eigenvalue weighted by Crippen LogP contribution is -2.28. The zero-order valence-electron chi connectivity index (χ0n) is 30.5. The largest absolute Gasteiger partial charge is 0.311 e. The first-order chi connectivity index (χ1) is 26.1. The SMILES string of the molecule is C1=CC(c2ccc(N(c3ccccc3)c3ccc(C4(c5ccccc5)c5ccccc5-c5ccccc54)cc3)cc2)=CCC1.C=C1C=CC(C)=CCC1. The fourth-order valence-electron chi connectivity index (χ4n) is 8.11. The molecule has 0 bridgehead atoms. The molecule has 0 aromatic heterocycles. The van der Waals surface area contributed by atoms with Crippen molar-refractivity contribution in [1.29, 1.82) is 0 Å². The molecule has 0 atom stereocenters. The van der Waals surface area contributed by atoms with Gasteiger partial charge in [-0.3, -0.25) is 0 Å². The Kier molecular flexibility index (Phi) is 9.73. The van der Waals surface area contributed by atoms with E-state index < -0.39 is 5.41 Å². The maximum atomic E-state index is 3.89. The topological polar surface area (TPSA) is 3.24 Å². The fraction of sp³-hybridized carbons (Fsp3) is 0.115. The molecule has 1 nitrogen and oxygen atoms in total. The molecular weight excluding hydrogens is 639 g/mol. The Morgan fingerprint density at radius 1 is 0.491 bits per heavy atom. The van der Waals surface area contributed by atoms with E-state index in [2.05, 4.69) is 213 Å². The van der Waals surface area contributed by atoms with Crippen LogP contribution in [0.2, 0.25) is 0 Å². The van der Waals surface area contributed by atoms with Crippen LogP contribution in [0, 0.1) is 0 Å². The second-order valence-corrected chi connectivity index (χ2v) is 14.1. The predicted octanol–water partition coefficient (Wildman–Crippen LogP) is 14.1. The molecule has 0 spiro atoms. The van der Waals surface area contributed by atoms with E-state index >= 15 is 0 Å². The smallest absolute Gasteiger partial charge is 0.0713 e. The van der Waals surface area contributed by atoms with Gasteiger partial charge in [0.2, 0.25) is 0 Å². The average molecular weight is 684 g/mol. The third-order valence-electron chi connectivity index (χ3n) is 10.7. The average Bonchev–Trinajstić information content (AvgIpc) is 3.39. The molecule has 6 aromatic rings. The van der Waals surface area contributed by atoms with Crippen molar-refractivity contribution >= 4 is 22.6 Å². The van der Waals surface area contributed by atoms with E-state index in [1.807, 2.05) is 0 Å². The summed E-state index contributed by atoms with van der Waals surface area (Å²) in [6, 6.07) is 57.7. The summed E-state index contributed by atoms with van der Waals surface area (Å²) < 4.78 is 0. The van der Waals surface area contributed by atoms with Crippen molar-refractivity contribution < 1.29 is 0 Å². The van der Waals surface area contributed by atoms with Crippen molar-refractivity contribution in [3.8, 4) is 11.1 Å². The summed E-state index contributed by atoms with van der Waals surface area (Å²) in [5.74, 6) is 0. The lowest BCUT2D eigenvalue weighted by Gasteiger charge is -2.34. The van der Waals surface area contributed by atoms with Crippen LogP contribution >= 0.6 is 0 Å². The Labute approximate surface area is 315 Å². The van der Waals surface area contributed by atoms with Crippen LogP contribution in [0.1, 0.15) is 60.4 Å². The van der Waals surface area contributed by atoms with Gasteiger partial charge in [0, 0.05) is 17.1 Å². The van der Waals surface area contributed by atoms with E-state index in [9.17, 15) is 0 Å². The van der Waals surface area contributed by atoms with Gasteiger partial charge in [-0.25, -0.2) is 0 Å². The Morgan fingerprint density at radius 2 is 1.04 bits per heavy atom. The standard InChI is InChI=1S/C43H33N.C9H12/c1-4-14-32(15-5-1)33-24-28-37(29-25-33)44(36-18-8-3-9-19-36)38-30-26-35(27-31-38)43(34-16-6-2-7-17-34)41-22-12-10-20-39(41)40-21-11-13-23-42(40)43;1-8-4-3-5-9(2)7-6-8/h2-4,6-31H,1,5H2;5-7H,1,3-4H2,2H3. The van der Waals surface area contributed by atoms with Gasteiger partial charge in [-0.1, -0.05) is 176 Å². The van der Waals surface area contributed by atoms with Crippen LogP contribution in [-0.4, -0.2) is 0 Å². The van der Waals surface area contributed by atoms with Gasteiger partial charge < -0.3 is 4.90 Å². The minimum Gasteiger partial charge on any atom is -0.311 e. The number of hydrogen-bond donors (Lipinski definition) is 0. The number of benzene rings is 6. The van der Waals surface area contributed by atoms with Gasteiger partial charge in [0.15, 0.2) is 0 Å². The third kappa shape index (κ3) is 6.67. The van der Waals surface area contributed by atoms with Gasteiger partial charge >= 0.3 is 0 Å². The molecule has 1 heteroatoms. The summed E-state index contributed by atoms with van der Waals surface area (Å²) in [5.41, 5.74) is 16.0. The highest BCUT2D eigenvalue weighted by Gasteiger charge is 2.45. The molecule has 258 valence electrons. The van der Waals surface area contributed by atoms with Crippen LogP contribution in [0.3, 0.4) is 0 Å². The van der Waals surface area contributed by atoms with Crippen LogP contribution in [0.15, 0.2) is 212 Å². The molecule has 0 fully saturated rings. The molecule has 0 unspecified atom stereocenters. The van der Waals surface area contributed by atoms with E-state index in [4.69, 9.17) is 0 Å². The number of allylic oxidation sites excluding steroid dienone is 9. The lowest BCUT2D eigenvalue weighted by molar-refractivity contribution is 0.768. The van der Waals surface area contributed by atoms with E-state index in [0.29, 0.717) is 0 Å². The molecule has 53 heavy (non-hydrogen) atoms. The highest BCUT2D eigenvalue weighted by atomic mass is 15.1. The summed E-state index contributed by atoms with van der Waals surface area (Å²) in [7, 11) is 0. The Balaban J connectivity index is 0.000000391. The third-order valence-corrected chi connectivity index (χ3v) is 10.7. The van der Waals surface area contributed by atoms with Crippen LogP contribution < -0.4 is 4.90 Å². The zero-order valence-corrected chi connectivity index (χ0v) is 30.5. The summed E-state index contributed by atoms with van der Waals surface area (Å²) in [5, 5.41) is 0. The first kappa shape index (κ1) is 33.9. The highest BCUT2D eigenvalue weighted by Crippen LogP contribution is 2.56. The van der Waals surface area contributed by atoms with Crippen molar-refractivity contribution in [3.63, 3.8) is 0 Å². The molecule has 9 rings (SSSR count). The van der Waals surface area contributed by atoms with Gasteiger partial charge in [-0.05, 0) is 114 Å². The molecule has 0 aliphatic heterocycles. The number of anilines is 3. The molecule has 0 saturated carbocycles. The van der Waals surface area contributed by atoms with Gasteiger partial charge in [-0.2, -0.15) is 0 Å². The first-order valence-electron chi connectivity index (χ1n) is 18.8. The van der Waals surface area contributed by atoms with Crippen LogP contribution in [0.4, 0.5) is 17.1 Å². The Morgan fingerprint density at radius 3 is 1.66 bits per heavy atom. The molecule has 0 N–H and O–H groups in total. The molecule has 6 aromatic carbocycles. The van der Waals surface area contributed by atoms with E-state index in [0.717, 1.165) is 42.7 Å². The summed E-state index contributed by atoms with van der Waals surface area (Å²) in [6.07, 6.45) is 17.8. The molecule has 3 aliphatic carbocycles. The highest BCUT2D eigenvalue weighted by molar-refractivity contribution is 5.87. The van der Waals surface area contributed by atoms with E-state index in [1.165, 1.54) is 55.7 Å². The molecule has 0 amide bonds. The summed E-state index contributed by atoms with van der Waals surface area (Å²) in [6.45, 7) is 6.01. The van der Waals surface area contributed by atoms with Crippen molar-refractivity contribution in [2.24, 2.45) is 0 Å². The first-order valence-corrected chi connectivity index (χ1v) is 18.8. The molecule has 0 radical (unpaired) electrons. The number of nitrogens with zero attached hydrogens (tertiary/aromatic N) is 1. The van der Waals surface area contributed by atoms with Gasteiger partial charge in [0.1, 0.15) is 0 Å². The maximum absolute atomic E-state index is 3.89. The maximum Gasteiger partial charge on any atom is 0.0713 e. The monoisotopic (exact) mass is 683 g/mol. The van der Waals surface area contributed by atoms with Gasteiger partial charge in [0.25, 0.3) is 0 Å².